The molecule has 4 atom stereocenters. The van der Waals surface area contributed by atoms with Crippen molar-refractivity contribution in [2.75, 3.05) is 0 Å². The van der Waals surface area contributed by atoms with Crippen LogP contribution in [0.5, 0.6) is 0 Å². The summed E-state index contributed by atoms with van der Waals surface area (Å²) >= 11 is 0. The molecule has 0 bridgehead atoms. The highest BCUT2D eigenvalue weighted by atomic mass is 14.7. The second-order valence-electron chi connectivity index (χ2n) is 5.59. The average Bonchev–Trinajstić information content (AvgIpc) is 2.66. The monoisotopic (exact) mass is 180 g/mol. The Morgan fingerprint density at radius 1 is 1.15 bits per heavy atom. The molecule has 0 heterocycles. The molecule has 2 saturated carbocycles. The van der Waals surface area contributed by atoms with Crippen LogP contribution in [0.3, 0.4) is 0 Å². The minimum Gasteiger partial charge on any atom is -0.0654 e. The molecule has 2 aliphatic rings. The van der Waals surface area contributed by atoms with Crippen molar-refractivity contribution in [3.05, 3.63) is 0 Å². The fourth-order valence-corrected chi connectivity index (χ4v) is 3.91. The molecule has 0 aromatic rings. The van der Waals surface area contributed by atoms with Gasteiger partial charge in [-0.05, 0) is 42.4 Å². The van der Waals surface area contributed by atoms with E-state index in [0.29, 0.717) is 0 Å². The van der Waals surface area contributed by atoms with Crippen LogP contribution in [0.2, 0.25) is 0 Å². The quantitative estimate of drug-likeness (QED) is 0.606. The number of hydrogen-bond acceptors (Lipinski definition) is 0. The Morgan fingerprint density at radius 3 is 2.46 bits per heavy atom. The smallest absolute Gasteiger partial charge is 0.0263 e. The summed E-state index contributed by atoms with van der Waals surface area (Å²) in [5.41, 5.74) is 0.801. The standard InChI is InChI=1S/C13H24/c1-4-6-10-8-11-9-13(11,3)12(10)7-5-2/h10-12H,4-9H2,1-3H3/t10?,11-,12?,13?/m1/s1. The summed E-state index contributed by atoms with van der Waals surface area (Å²) in [6, 6.07) is 0. The van der Waals surface area contributed by atoms with Gasteiger partial charge < -0.3 is 0 Å². The van der Waals surface area contributed by atoms with E-state index in [1.54, 1.807) is 12.8 Å². The number of fused-ring (bicyclic) bond motifs is 1. The van der Waals surface area contributed by atoms with E-state index in [1.807, 2.05) is 0 Å². The van der Waals surface area contributed by atoms with E-state index >= 15 is 0 Å². The van der Waals surface area contributed by atoms with Crippen molar-refractivity contribution < 1.29 is 0 Å². The third-order valence-corrected chi connectivity index (χ3v) is 4.72. The summed E-state index contributed by atoms with van der Waals surface area (Å²) in [5.74, 6) is 3.30. The second kappa shape index (κ2) is 3.29. The molecular weight excluding hydrogens is 156 g/mol. The van der Waals surface area contributed by atoms with Crippen LogP contribution >= 0.6 is 0 Å². The van der Waals surface area contributed by atoms with Crippen molar-refractivity contribution in [3.8, 4) is 0 Å². The Kier molecular flexibility index (Phi) is 2.42. The molecule has 13 heavy (non-hydrogen) atoms. The lowest BCUT2D eigenvalue weighted by molar-refractivity contribution is 0.237. The Balaban J connectivity index is 1.98. The van der Waals surface area contributed by atoms with E-state index in [2.05, 4.69) is 20.8 Å². The summed E-state index contributed by atoms with van der Waals surface area (Å²) in [7, 11) is 0. The van der Waals surface area contributed by atoms with Crippen LogP contribution in [0.4, 0.5) is 0 Å². The molecule has 0 heteroatoms. The molecule has 0 aromatic carbocycles. The molecule has 0 radical (unpaired) electrons. The first kappa shape index (κ1) is 9.55. The molecule has 0 nitrogen and oxygen atoms in total. The van der Waals surface area contributed by atoms with Gasteiger partial charge in [0.2, 0.25) is 0 Å². The molecule has 0 saturated heterocycles. The molecular formula is C13H24. The van der Waals surface area contributed by atoms with Crippen molar-refractivity contribution >= 4 is 0 Å². The summed E-state index contributed by atoms with van der Waals surface area (Å²) in [5, 5.41) is 0. The summed E-state index contributed by atoms with van der Waals surface area (Å²) in [6.07, 6.45) is 8.90. The van der Waals surface area contributed by atoms with Crippen molar-refractivity contribution in [3.63, 3.8) is 0 Å². The SMILES string of the molecule is CCCC1C[C@@H]2CC2(C)C1CCC. The van der Waals surface area contributed by atoms with E-state index in [9.17, 15) is 0 Å². The number of rotatable bonds is 4. The third-order valence-electron chi connectivity index (χ3n) is 4.72. The predicted molar refractivity (Wildman–Crippen MR) is 57.6 cm³/mol. The molecule has 0 amide bonds. The maximum absolute atomic E-state index is 2.55. The summed E-state index contributed by atoms with van der Waals surface area (Å²) in [4.78, 5) is 0. The highest BCUT2D eigenvalue weighted by Gasteiger charge is 2.61. The number of hydrogen-bond donors (Lipinski definition) is 0. The van der Waals surface area contributed by atoms with Crippen molar-refractivity contribution in [1.82, 2.24) is 0 Å². The van der Waals surface area contributed by atoms with Crippen LogP contribution in [0.15, 0.2) is 0 Å². The van der Waals surface area contributed by atoms with Gasteiger partial charge in [0.15, 0.2) is 0 Å². The first-order valence-corrected chi connectivity index (χ1v) is 6.22. The maximum Gasteiger partial charge on any atom is -0.0263 e. The Morgan fingerprint density at radius 2 is 1.85 bits per heavy atom. The van der Waals surface area contributed by atoms with Crippen LogP contribution in [0.25, 0.3) is 0 Å². The molecule has 2 fully saturated rings. The molecule has 2 rings (SSSR count). The van der Waals surface area contributed by atoms with Gasteiger partial charge in [-0.2, -0.15) is 0 Å². The average molecular weight is 180 g/mol. The van der Waals surface area contributed by atoms with E-state index in [1.165, 1.54) is 25.7 Å². The van der Waals surface area contributed by atoms with E-state index in [4.69, 9.17) is 0 Å². The van der Waals surface area contributed by atoms with Gasteiger partial charge >= 0.3 is 0 Å². The zero-order valence-electron chi connectivity index (χ0n) is 9.47. The third kappa shape index (κ3) is 1.43. The lowest BCUT2D eigenvalue weighted by Crippen LogP contribution is -2.17. The van der Waals surface area contributed by atoms with Crippen LogP contribution in [-0.2, 0) is 0 Å². The molecule has 3 unspecified atom stereocenters. The van der Waals surface area contributed by atoms with Gasteiger partial charge in [-0.3, -0.25) is 0 Å². The van der Waals surface area contributed by atoms with Crippen molar-refractivity contribution in [2.24, 2.45) is 23.2 Å². The van der Waals surface area contributed by atoms with Crippen LogP contribution < -0.4 is 0 Å². The molecule has 76 valence electrons. The van der Waals surface area contributed by atoms with E-state index in [0.717, 1.165) is 23.2 Å². The van der Waals surface area contributed by atoms with Gasteiger partial charge in [-0.1, -0.05) is 40.0 Å². The van der Waals surface area contributed by atoms with E-state index < -0.39 is 0 Å². The second-order valence-corrected chi connectivity index (χ2v) is 5.59. The first-order valence-electron chi connectivity index (χ1n) is 6.22. The predicted octanol–water partition coefficient (Wildman–Crippen LogP) is 4.25. The fraction of sp³-hybridized carbons (Fsp3) is 1.00. The summed E-state index contributed by atoms with van der Waals surface area (Å²) in [6.45, 7) is 7.24. The van der Waals surface area contributed by atoms with Crippen LogP contribution in [0.1, 0.15) is 59.3 Å². The topological polar surface area (TPSA) is 0 Å². The zero-order valence-corrected chi connectivity index (χ0v) is 9.47. The highest BCUT2D eigenvalue weighted by Crippen LogP contribution is 2.69. The molecule has 0 spiro atoms. The largest absolute Gasteiger partial charge is 0.0654 e. The Bertz CT molecular complexity index is 184. The normalized spacial score (nSPS) is 47.8. The lowest BCUT2D eigenvalue weighted by Gasteiger charge is -2.26. The van der Waals surface area contributed by atoms with E-state index in [-0.39, 0.29) is 0 Å². The maximum atomic E-state index is 2.55. The van der Waals surface area contributed by atoms with Crippen molar-refractivity contribution in [2.45, 2.75) is 59.3 Å². The first-order chi connectivity index (χ1) is 6.22. The van der Waals surface area contributed by atoms with Crippen LogP contribution in [0, 0.1) is 23.2 Å². The fourth-order valence-electron chi connectivity index (χ4n) is 3.91. The highest BCUT2D eigenvalue weighted by molar-refractivity contribution is 5.10. The van der Waals surface area contributed by atoms with Gasteiger partial charge in [-0.15, -0.1) is 0 Å². The van der Waals surface area contributed by atoms with Crippen LogP contribution in [-0.4, -0.2) is 0 Å². The molecule has 0 aromatic heterocycles. The Hall–Kier alpha value is 0. The lowest BCUT2D eigenvalue weighted by atomic mass is 9.79. The summed E-state index contributed by atoms with van der Waals surface area (Å²) < 4.78 is 0. The van der Waals surface area contributed by atoms with Gasteiger partial charge in [0.05, 0.1) is 0 Å². The molecule has 0 N–H and O–H groups in total. The van der Waals surface area contributed by atoms with Gasteiger partial charge in [-0.25, -0.2) is 0 Å². The van der Waals surface area contributed by atoms with Gasteiger partial charge in [0.1, 0.15) is 0 Å². The van der Waals surface area contributed by atoms with Gasteiger partial charge in [0.25, 0.3) is 0 Å². The van der Waals surface area contributed by atoms with Crippen molar-refractivity contribution in [1.29, 1.82) is 0 Å². The minimum absolute atomic E-state index is 0.801. The zero-order chi connectivity index (χ0) is 9.47. The minimum atomic E-state index is 0.801. The Labute approximate surface area is 83.1 Å². The van der Waals surface area contributed by atoms with Gasteiger partial charge in [0, 0.05) is 0 Å². The molecule has 0 aliphatic heterocycles. The molecule has 2 aliphatic carbocycles.